The molecule has 0 spiro atoms. The third kappa shape index (κ3) is 2.52. The smallest absolute Gasteiger partial charge is 0.331 e. The van der Waals surface area contributed by atoms with E-state index in [9.17, 15) is 9.18 Å². The average Bonchev–Trinajstić information content (AvgIpc) is 2.37. The van der Waals surface area contributed by atoms with E-state index in [4.69, 9.17) is 4.74 Å². The number of benzene rings is 1. The quantitative estimate of drug-likeness (QED) is 0.775. The summed E-state index contributed by atoms with van der Waals surface area (Å²) in [7, 11) is 1.40. The van der Waals surface area contributed by atoms with Crippen molar-refractivity contribution < 1.29 is 13.9 Å². The third-order valence-corrected chi connectivity index (χ3v) is 4.42. The molecule has 1 aromatic carbocycles. The van der Waals surface area contributed by atoms with Crippen LogP contribution in [0, 0.1) is 5.82 Å². The summed E-state index contributed by atoms with van der Waals surface area (Å²) in [4.78, 5) is 14.3. The number of fused-ring (bicyclic) bond motifs is 1. The molecule has 0 amide bonds. The van der Waals surface area contributed by atoms with Crippen molar-refractivity contribution in [3.63, 3.8) is 0 Å². The topological polar surface area (TPSA) is 29.5 Å². The second kappa shape index (κ2) is 5.00. The largest absolute Gasteiger partial charge is 0.467 e. The number of hydrogen-bond acceptors (Lipinski definition) is 3. The SMILES string of the molecule is COC(=O)C(C)(C)N1c2ccc(F)cc2[C@H](C)CC1(C)C. The molecule has 0 N–H and O–H groups in total. The van der Waals surface area contributed by atoms with E-state index in [1.165, 1.54) is 13.2 Å². The number of carbonyl (C=O) groups excluding carboxylic acids is 1. The van der Waals surface area contributed by atoms with Crippen LogP contribution < -0.4 is 4.90 Å². The Morgan fingerprint density at radius 2 is 2.05 bits per heavy atom. The Morgan fingerprint density at radius 1 is 1.43 bits per heavy atom. The molecular formula is C17H24FNO2. The zero-order chi connectivity index (χ0) is 16.0. The molecule has 1 atom stereocenters. The van der Waals surface area contributed by atoms with Gasteiger partial charge in [0, 0.05) is 11.2 Å². The van der Waals surface area contributed by atoms with Gasteiger partial charge in [0.15, 0.2) is 0 Å². The summed E-state index contributed by atoms with van der Waals surface area (Å²) in [5.41, 5.74) is 0.828. The summed E-state index contributed by atoms with van der Waals surface area (Å²) in [6, 6.07) is 4.80. The standard InChI is InChI=1S/C17H24FNO2/c1-11-10-16(2,3)19(17(4,5)15(20)21-6)14-8-7-12(18)9-13(11)14/h7-9,11H,10H2,1-6H3/t11-/m1/s1. The number of anilines is 1. The summed E-state index contributed by atoms with van der Waals surface area (Å²) >= 11 is 0. The zero-order valence-electron chi connectivity index (χ0n) is 13.7. The van der Waals surface area contributed by atoms with Gasteiger partial charge in [-0.15, -0.1) is 0 Å². The van der Waals surface area contributed by atoms with Crippen LogP contribution in [0.25, 0.3) is 0 Å². The Bertz CT molecular complexity index is 566. The number of rotatable bonds is 2. The predicted octanol–water partition coefficient (Wildman–Crippen LogP) is 3.87. The fourth-order valence-electron chi connectivity index (χ4n) is 3.80. The van der Waals surface area contributed by atoms with Crippen molar-refractivity contribution in [3.05, 3.63) is 29.6 Å². The lowest BCUT2D eigenvalue weighted by Crippen LogP contribution is -2.62. The van der Waals surface area contributed by atoms with Gasteiger partial charge >= 0.3 is 5.97 Å². The molecule has 0 fully saturated rings. The molecule has 0 aromatic heterocycles. The van der Waals surface area contributed by atoms with Gasteiger partial charge in [-0.25, -0.2) is 9.18 Å². The van der Waals surface area contributed by atoms with Crippen molar-refractivity contribution in [3.8, 4) is 0 Å². The highest BCUT2D eigenvalue weighted by molar-refractivity contribution is 5.85. The molecular weight excluding hydrogens is 269 g/mol. The molecule has 116 valence electrons. The van der Waals surface area contributed by atoms with Crippen LogP contribution in [0.15, 0.2) is 18.2 Å². The maximum Gasteiger partial charge on any atom is 0.331 e. The lowest BCUT2D eigenvalue weighted by Gasteiger charge is -2.53. The summed E-state index contributed by atoms with van der Waals surface area (Å²) in [5.74, 6) is -0.285. The highest BCUT2D eigenvalue weighted by Crippen LogP contribution is 2.47. The van der Waals surface area contributed by atoms with E-state index in [-0.39, 0.29) is 23.2 Å². The lowest BCUT2D eigenvalue weighted by molar-refractivity contribution is -0.146. The monoisotopic (exact) mass is 293 g/mol. The van der Waals surface area contributed by atoms with E-state index in [0.29, 0.717) is 0 Å². The molecule has 1 aromatic rings. The molecule has 0 saturated heterocycles. The zero-order valence-corrected chi connectivity index (χ0v) is 13.7. The number of hydrogen-bond donors (Lipinski definition) is 0. The number of methoxy groups -OCH3 is 1. The van der Waals surface area contributed by atoms with Gasteiger partial charge in [0.1, 0.15) is 11.4 Å². The number of carbonyl (C=O) groups is 1. The normalized spacial score (nSPS) is 20.9. The summed E-state index contributed by atoms with van der Waals surface area (Å²) in [5, 5.41) is 0. The third-order valence-electron chi connectivity index (χ3n) is 4.42. The minimum absolute atomic E-state index is 0.220. The van der Waals surface area contributed by atoms with Gasteiger partial charge in [0.25, 0.3) is 0 Å². The van der Waals surface area contributed by atoms with Crippen LogP contribution in [0.1, 0.15) is 52.5 Å². The van der Waals surface area contributed by atoms with Crippen molar-refractivity contribution in [1.82, 2.24) is 0 Å². The van der Waals surface area contributed by atoms with Crippen LogP contribution in [-0.2, 0) is 9.53 Å². The van der Waals surface area contributed by atoms with E-state index in [1.54, 1.807) is 12.1 Å². The number of halogens is 1. The van der Waals surface area contributed by atoms with Gasteiger partial charge in [0.05, 0.1) is 7.11 Å². The summed E-state index contributed by atoms with van der Waals surface area (Å²) in [6.07, 6.45) is 0.851. The van der Waals surface area contributed by atoms with Crippen molar-refractivity contribution in [2.45, 2.75) is 58.0 Å². The molecule has 1 aliphatic heterocycles. The molecule has 1 aliphatic rings. The maximum atomic E-state index is 13.6. The van der Waals surface area contributed by atoms with Crippen LogP contribution in [0.3, 0.4) is 0 Å². The van der Waals surface area contributed by atoms with Gasteiger partial charge < -0.3 is 9.64 Å². The predicted molar refractivity (Wildman–Crippen MR) is 82.1 cm³/mol. The van der Waals surface area contributed by atoms with Gasteiger partial charge in [-0.2, -0.15) is 0 Å². The van der Waals surface area contributed by atoms with Gasteiger partial charge in [-0.05, 0) is 63.8 Å². The molecule has 1 heterocycles. The first kappa shape index (κ1) is 15.8. The number of esters is 1. The van der Waals surface area contributed by atoms with Crippen molar-refractivity contribution in [2.24, 2.45) is 0 Å². The Labute approximate surface area is 126 Å². The summed E-state index contributed by atoms with van der Waals surface area (Å²) < 4.78 is 18.6. The highest BCUT2D eigenvalue weighted by atomic mass is 19.1. The molecule has 0 saturated carbocycles. The van der Waals surface area contributed by atoms with Crippen LogP contribution >= 0.6 is 0 Å². The first-order chi connectivity index (χ1) is 9.61. The van der Waals surface area contributed by atoms with Crippen LogP contribution in [0.4, 0.5) is 10.1 Å². The Kier molecular flexibility index (Phi) is 3.77. The second-order valence-corrected chi connectivity index (χ2v) is 7.01. The molecule has 0 unspecified atom stereocenters. The van der Waals surface area contributed by atoms with E-state index >= 15 is 0 Å². The Hall–Kier alpha value is -1.58. The van der Waals surface area contributed by atoms with Crippen LogP contribution in [-0.4, -0.2) is 24.2 Å². The van der Waals surface area contributed by atoms with Crippen LogP contribution in [0.5, 0.6) is 0 Å². The minimum Gasteiger partial charge on any atom is -0.467 e. The van der Waals surface area contributed by atoms with E-state index in [2.05, 4.69) is 25.7 Å². The molecule has 0 bridgehead atoms. The first-order valence-corrected chi connectivity index (χ1v) is 7.29. The average molecular weight is 293 g/mol. The fraction of sp³-hybridized carbons (Fsp3) is 0.588. The van der Waals surface area contributed by atoms with Crippen molar-refractivity contribution in [2.75, 3.05) is 12.0 Å². The fourth-order valence-corrected chi connectivity index (χ4v) is 3.80. The maximum absolute atomic E-state index is 13.6. The highest BCUT2D eigenvalue weighted by Gasteiger charge is 2.47. The van der Waals surface area contributed by atoms with Gasteiger partial charge in [-0.3, -0.25) is 0 Å². The molecule has 21 heavy (non-hydrogen) atoms. The van der Waals surface area contributed by atoms with Gasteiger partial charge in [0.2, 0.25) is 0 Å². The minimum atomic E-state index is -0.815. The Balaban J connectivity index is 2.63. The van der Waals surface area contributed by atoms with E-state index in [1.807, 2.05) is 13.8 Å². The number of ether oxygens (including phenoxy) is 1. The molecule has 2 rings (SSSR count). The molecule has 4 heteroatoms. The van der Waals surface area contributed by atoms with E-state index in [0.717, 1.165) is 17.7 Å². The van der Waals surface area contributed by atoms with Crippen molar-refractivity contribution in [1.29, 1.82) is 0 Å². The van der Waals surface area contributed by atoms with E-state index < -0.39 is 5.54 Å². The Morgan fingerprint density at radius 3 is 2.62 bits per heavy atom. The summed E-state index contributed by atoms with van der Waals surface area (Å²) in [6.45, 7) is 10.0. The second-order valence-electron chi connectivity index (χ2n) is 7.01. The first-order valence-electron chi connectivity index (χ1n) is 7.29. The van der Waals surface area contributed by atoms with Gasteiger partial charge in [-0.1, -0.05) is 6.92 Å². The number of nitrogens with zero attached hydrogens (tertiary/aromatic N) is 1. The molecule has 0 aliphatic carbocycles. The molecule has 3 nitrogen and oxygen atoms in total. The lowest BCUT2D eigenvalue weighted by atomic mass is 9.77. The molecule has 0 radical (unpaired) electrons. The van der Waals surface area contributed by atoms with Crippen LogP contribution in [0.2, 0.25) is 0 Å². The van der Waals surface area contributed by atoms with Crippen molar-refractivity contribution >= 4 is 11.7 Å².